The van der Waals surface area contributed by atoms with Crippen LogP contribution in [0.5, 0.6) is 0 Å². The lowest BCUT2D eigenvalue weighted by atomic mass is 9.94. The minimum Gasteiger partial charge on any atom is -0.309 e. The molecule has 9 aromatic carbocycles. The summed E-state index contributed by atoms with van der Waals surface area (Å²) in [6, 6.07) is 66.5. The first kappa shape index (κ1) is 30.1. The Labute approximate surface area is 315 Å². The summed E-state index contributed by atoms with van der Waals surface area (Å²) < 4.78 is 6.51. The Hall–Kier alpha value is -7.43. The third-order valence-electron chi connectivity index (χ3n) is 11.6. The van der Waals surface area contributed by atoms with Crippen LogP contribution in [0.15, 0.2) is 193 Å². The Morgan fingerprint density at radius 3 is 1.62 bits per heavy atom. The molecule has 0 saturated heterocycles. The molecule has 0 aliphatic heterocycles. The van der Waals surface area contributed by atoms with E-state index in [1.807, 2.05) is 22.8 Å². The van der Waals surface area contributed by atoms with Crippen molar-refractivity contribution in [2.75, 3.05) is 0 Å². The minimum atomic E-state index is -0.0316. The fourth-order valence-corrected chi connectivity index (χ4v) is 9.15. The van der Waals surface area contributed by atoms with Crippen molar-refractivity contribution >= 4 is 81.6 Å². The molecule has 0 amide bonds. The number of fused-ring (bicyclic) bond motifs is 14. The molecule has 256 valence electrons. The highest BCUT2D eigenvalue weighted by Crippen LogP contribution is 2.38. The topological polar surface area (TPSA) is 31.3 Å². The quantitative estimate of drug-likeness (QED) is 0.169. The predicted octanol–water partition coefficient (Wildman–Crippen LogP) is 12.6. The normalized spacial score (nSPS) is 12.1. The zero-order valence-corrected chi connectivity index (χ0v) is 29.6. The first-order valence-corrected chi connectivity index (χ1v) is 18.7. The third kappa shape index (κ3) is 4.25. The zero-order chi connectivity index (χ0) is 36.2. The first-order chi connectivity index (χ1) is 27.2. The van der Waals surface area contributed by atoms with Gasteiger partial charge in [0.1, 0.15) is 5.65 Å². The molecule has 0 atom stereocenters. The number of para-hydroxylation sites is 3. The highest BCUT2D eigenvalue weighted by Gasteiger charge is 2.19. The van der Waals surface area contributed by atoms with E-state index in [-0.39, 0.29) is 5.56 Å². The molecule has 12 rings (SSSR count). The summed E-state index contributed by atoms with van der Waals surface area (Å²) in [5.74, 6) is 0. The summed E-state index contributed by atoms with van der Waals surface area (Å²) in [4.78, 5) is 14.6. The molecule has 3 aromatic heterocycles. The second-order valence-corrected chi connectivity index (χ2v) is 14.5. The van der Waals surface area contributed by atoms with Crippen molar-refractivity contribution in [1.82, 2.24) is 13.5 Å². The van der Waals surface area contributed by atoms with Gasteiger partial charge in [0.05, 0.1) is 33.1 Å². The highest BCUT2D eigenvalue weighted by atomic mass is 16.1. The van der Waals surface area contributed by atoms with Crippen LogP contribution in [0.2, 0.25) is 0 Å². The molecule has 3 heterocycles. The van der Waals surface area contributed by atoms with Gasteiger partial charge in [-0.15, -0.1) is 0 Å². The van der Waals surface area contributed by atoms with Crippen molar-refractivity contribution < 1.29 is 0 Å². The van der Waals surface area contributed by atoms with Crippen LogP contribution in [0.4, 0.5) is 0 Å². The molecule has 0 aliphatic carbocycles. The van der Waals surface area contributed by atoms with Crippen LogP contribution >= 0.6 is 0 Å². The molecule has 0 radical (unpaired) electrons. The van der Waals surface area contributed by atoms with E-state index >= 15 is 0 Å². The van der Waals surface area contributed by atoms with E-state index in [1.54, 1.807) is 0 Å². The molecule has 0 bridgehead atoms. The molecule has 12 aromatic rings. The maximum Gasteiger partial charge on any atom is 0.266 e. The van der Waals surface area contributed by atoms with E-state index < -0.39 is 0 Å². The van der Waals surface area contributed by atoms with Crippen molar-refractivity contribution in [2.45, 2.75) is 0 Å². The van der Waals surface area contributed by atoms with Gasteiger partial charge >= 0.3 is 0 Å². The summed E-state index contributed by atoms with van der Waals surface area (Å²) >= 11 is 0. The molecule has 0 fully saturated rings. The van der Waals surface area contributed by atoms with Gasteiger partial charge < -0.3 is 4.57 Å². The summed E-state index contributed by atoms with van der Waals surface area (Å²) in [5.41, 5.74) is 9.38. The second-order valence-electron chi connectivity index (χ2n) is 14.5. The van der Waals surface area contributed by atoms with Crippen LogP contribution < -0.4 is 5.56 Å². The molecule has 55 heavy (non-hydrogen) atoms. The average Bonchev–Trinajstić information content (AvgIpc) is 3.79. The SMILES string of the molecule is O=c1c2ccccc2n2c3cc(-c4ccc5c(c4)c4ccccc4n5-c4ccccc4)ccc3cc2n1-c1ccc2c3ccccc3c3ccccc3c2c1. The Bertz CT molecular complexity index is 3590. The Morgan fingerprint density at radius 1 is 0.309 bits per heavy atom. The molecular weight excluding hydrogens is 671 g/mol. The van der Waals surface area contributed by atoms with Gasteiger partial charge in [-0.3, -0.25) is 13.8 Å². The van der Waals surface area contributed by atoms with E-state index in [9.17, 15) is 4.79 Å². The number of hydrogen-bond acceptors (Lipinski definition) is 1. The zero-order valence-electron chi connectivity index (χ0n) is 29.6. The maximum atomic E-state index is 14.6. The Kier molecular flexibility index (Phi) is 6.17. The van der Waals surface area contributed by atoms with E-state index in [0.717, 1.165) is 50.0 Å². The molecular formula is C51H31N3O. The monoisotopic (exact) mass is 701 g/mol. The number of benzene rings is 9. The maximum absolute atomic E-state index is 14.6. The highest BCUT2D eigenvalue weighted by molar-refractivity contribution is 6.25. The van der Waals surface area contributed by atoms with Crippen molar-refractivity contribution in [1.29, 1.82) is 0 Å². The fraction of sp³-hybridized carbons (Fsp3) is 0. The van der Waals surface area contributed by atoms with Gasteiger partial charge in [0, 0.05) is 21.8 Å². The van der Waals surface area contributed by atoms with Gasteiger partial charge in [-0.1, -0.05) is 121 Å². The van der Waals surface area contributed by atoms with Gasteiger partial charge in [0.2, 0.25) is 0 Å². The molecule has 0 unspecified atom stereocenters. The Morgan fingerprint density at radius 2 is 0.873 bits per heavy atom. The first-order valence-electron chi connectivity index (χ1n) is 18.7. The number of nitrogens with zero attached hydrogens (tertiary/aromatic N) is 3. The Balaban J connectivity index is 1.10. The second kappa shape index (κ2) is 11.3. The van der Waals surface area contributed by atoms with Gasteiger partial charge in [-0.2, -0.15) is 0 Å². The lowest BCUT2D eigenvalue weighted by Crippen LogP contribution is -2.21. The van der Waals surface area contributed by atoms with E-state index in [4.69, 9.17) is 0 Å². The molecule has 0 N–H and O–H groups in total. The van der Waals surface area contributed by atoms with Crippen LogP contribution in [0, 0.1) is 0 Å². The summed E-state index contributed by atoms with van der Waals surface area (Å²) in [6.07, 6.45) is 0. The summed E-state index contributed by atoms with van der Waals surface area (Å²) in [5, 5.41) is 11.3. The van der Waals surface area contributed by atoms with Crippen LogP contribution in [0.25, 0.3) is 104 Å². The molecule has 0 aliphatic rings. The summed E-state index contributed by atoms with van der Waals surface area (Å²) in [6.45, 7) is 0. The van der Waals surface area contributed by atoms with Gasteiger partial charge in [0.25, 0.3) is 5.56 Å². The number of hydrogen-bond donors (Lipinski definition) is 0. The molecule has 4 nitrogen and oxygen atoms in total. The summed E-state index contributed by atoms with van der Waals surface area (Å²) in [7, 11) is 0. The van der Waals surface area contributed by atoms with Gasteiger partial charge in [-0.05, 0) is 110 Å². The largest absolute Gasteiger partial charge is 0.309 e. The van der Waals surface area contributed by atoms with E-state index in [1.165, 1.54) is 48.7 Å². The number of aromatic nitrogens is 3. The average molecular weight is 702 g/mol. The molecule has 0 spiro atoms. The van der Waals surface area contributed by atoms with Gasteiger partial charge in [-0.25, -0.2) is 0 Å². The fourth-order valence-electron chi connectivity index (χ4n) is 9.15. The van der Waals surface area contributed by atoms with Crippen molar-refractivity contribution in [3.63, 3.8) is 0 Å². The standard InChI is InChI=1S/C51H31N3O/c55-51-43-19-9-11-21-47(43)54-49-29-33(32-24-27-48-45(28-32)42-18-8-10-20-46(42)52(48)35-12-2-1-3-13-35)22-23-34(49)30-50(54)53(51)36-25-26-41-39-16-5-4-14-37(39)38-15-6-7-17-40(38)44(41)31-36/h1-31H. The minimum absolute atomic E-state index is 0.0316. The predicted molar refractivity (Wildman–Crippen MR) is 230 cm³/mol. The number of rotatable bonds is 3. The van der Waals surface area contributed by atoms with Crippen molar-refractivity contribution in [2.24, 2.45) is 0 Å². The third-order valence-corrected chi connectivity index (χ3v) is 11.6. The van der Waals surface area contributed by atoms with Crippen LogP contribution in [0.3, 0.4) is 0 Å². The van der Waals surface area contributed by atoms with Crippen LogP contribution in [-0.2, 0) is 0 Å². The molecule has 4 heteroatoms. The molecule has 0 saturated carbocycles. The van der Waals surface area contributed by atoms with Crippen LogP contribution in [-0.4, -0.2) is 13.5 Å². The van der Waals surface area contributed by atoms with Crippen molar-refractivity contribution in [3.05, 3.63) is 198 Å². The lowest BCUT2D eigenvalue weighted by molar-refractivity contribution is 1.01. The smallest absolute Gasteiger partial charge is 0.266 e. The van der Waals surface area contributed by atoms with E-state index in [0.29, 0.717) is 5.39 Å². The van der Waals surface area contributed by atoms with E-state index in [2.05, 4.69) is 179 Å². The lowest BCUT2D eigenvalue weighted by Gasteiger charge is -2.15. The van der Waals surface area contributed by atoms with Crippen molar-refractivity contribution in [3.8, 4) is 22.5 Å². The van der Waals surface area contributed by atoms with Gasteiger partial charge in [0.15, 0.2) is 0 Å². The van der Waals surface area contributed by atoms with Crippen LogP contribution in [0.1, 0.15) is 0 Å².